The van der Waals surface area contributed by atoms with Gasteiger partial charge in [-0.2, -0.15) is 0 Å². The van der Waals surface area contributed by atoms with Crippen molar-refractivity contribution in [1.82, 2.24) is 0 Å². The minimum Gasteiger partial charge on any atom is -0.496 e. The van der Waals surface area contributed by atoms with E-state index in [1.807, 2.05) is 12.1 Å². The fraction of sp³-hybridized carbons (Fsp3) is 0.429. The van der Waals surface area contributed by atoms with Crippen molar-refractivity contribution >= 4 is 11.8 Å². The van der Waals surface area contributed by atoms with Crippen LogP contribution in [0.3, 0.4) is 0 Å². The lowest BCUT2D eigenvalue weighted by Gasteiger charge is -2.11. The maximum absolute atomic E-state index is 11.9. The SMILES string of the molecule is COc1cc(C(C)C)ccc1C(=O)CCC(=O)O. The average molecular weight is 250 g/mol. The molecule has 0 aromatic heterocycles. The van der Waals surface area contributed by atoms with E-state index < -0.39 is 5.97 Å². The van der Waals surface area contributed by atoms with Crippen LogP contribution in [0.1, 0.15) is 48.5 Å². The third-order valence-electron chi connectivity index (χ3n) is 2.76. The fourth-order valence-corrected chi connectivity index (χ4v) is 1.65. The van der Waals surface area contributed by atoms with Crippen molar-refractivity contribution in [3.63, 3.8) is 0 Å². The summed E-state index contributed by atoms with van der Waals surface area (Å²) in [6.45, 7) is 4.11. The summed E-state index contributed by atoms with van der Waals surface area (Å²) < 4.78 is 5.20. The van der Waals surface area contributed by atoms with Crippen LogP contribution in [0.25, 0.3) is 0 Å². The smallest absolute Gasteiger partial charge is 0.303 e. The molecule has 0 unspecified atom stereocenters. The molecule has 0 saturated heterocycles. The fourth-order valence-electron chi connectivity index (χ4n) is 1.65. The third kappa shape index (κ3) is 3.58. The van der Waals surface area contributed by atoms with Gasteiger partial charge in [0.15, 0.2) is 5.78 Å². The Morgan fingerprint density at radius 1 is 1.28 bits per heavy atom. The molecular weight excluding hydrogens is 232 g/mol. The molecule has 0 aliphatic carbocycles. The normalized spacial score (nSPS) is 10.4. The van der Waals surface area contributed by atoms with Crippen molar-refractivity contribution in [3.8, 4) is 5.75 Å². The van der Waals surface area contributed by atoms with Gasteiger partial charge in [-0.05, 0) is 23.6 Å². The topological polar surface area (TPSA) is 63.6 Å². The molecule has 0 atom stereocenters. The Bertz CT molecular complexity index is 449. The molecule has 0 saturated carbocycles. The van der Waals surface area contributed by atoms with E-state index in [9.17, 15) is 9.59 Å². The monoisotopic (exact) mass is 250 g/mol. The maximum atomic E-state index is 11.9. The van der Waals surface area contributed by atoms with Crippen LogP contribution in [-0.4, -0.2) is 24.0 Å². The predicted octanol–water partition coefficient (Wildman–Crippen LogP) is 2.87. The van der Waals surface area contributed by atoms with E-state index in [2.05, 4.69) is 13.8 Å². The number of ketones is 1. The number of aliphatic carboxylic acids is 1. The number of carboxylic acids is 1. The van der Waals surface area contributed by atoms with Crippen molar-refractivity contribution in [2.45, 2.75) is 32.6 Å². The maximum Gasteiger partial charge on any atom is 0.303 e. The molecule has 0 radical (unpaired) electrons. The van der Waals surface area contributed by atoms with Gasteiger partial charge in [-0.25, -0.2) is 0 Å². The van der Waals surface area contributed by atoms with E-state index in [0.29, 0.717) is 17.2 Å². The molecule has 0 spiro atoms. The number of benzene rings is 1. The van der Waals surface area contributed by atoms with Crippen molar-refractivity contribution in [3.05, 3.63) is 29.3 Å². The number of rotatable bonds is 6. The zero-order valence-electron chi connectivity index (χ0n) is 10.9. The lowest BCUT2D eigenvalue weighted by atomic mass is 9.98. The van der Waals surface area contributed by atoms with E-state index in [4.69, 9.17) is 9.84 Å². The summed E-state index contributed by atoms with van der Waals surface area (Å²) >= 11 is 0. The highest BCUT2D eigenvalue weighted by atomic mass is 16.5. The standard InChI is InChI=1S/C14H18O4/c1-9(2)10-4-5-11(13(8-10)18-3)12(15)6-7-14(16)17/h4-5,8-9H,6-7H2,1-3H3,(H,16,17). The van der Waals surface area contributed by atoms with Crippen LogP contribution in [0.4, 0.5) is 0 Å². The number of ether oxygens (including phenoxy) is 1. The van der Waals surface area contributed by atoms with Crippen LogP contribution >= 0.6 is 0 Å². The summed E-state index contributed by atoms with van der Waals surface area (Å²) in [5.74, 6) is -0.315. The molecule has 0 heterocycles. The zero-order valence-corrected chi connectivity index (χ0v) is 10.9. The number of carbonyl (C=O) groups is 2. The first-order valence-electron chi connectivity index (χ1n) is 5.88. The molecule has 98 valence electrons. The molecule has 0 aliphatic rings. The third-order valence-corrected chi connectivity index (χ3v) is 2.76. The van der Waals surface area contributed by atoms with Crippen molar-refractivity contribution < 1.29 is 19.4 Å². The van der Waals surface area contributed by atoms with Gasteiger partial charge in [0.25, 0.3) is 0 Å². The molecule has 0 aliphatic heterocycles. The first-order chi connectivity index (χ1) is 8.45. The van der Waals surface area contributed by atoms with Crippen molar-refractivity contribution in [2.24, 2.45) is 0 Å². The van der Waals surface area contributed by atoms with Gasteiger partial charge in [-0.15, -0.1) is 0 Å². The highest BCUT2D eigenvalue weighted by molar-refractivity contribution is 5.99. The molecule has 4 nitrogen and oxygen atoms in total. The van der Waals surface area contributed by atoms with Gasteiger partial charge < -0.3 is 9.84 Å². The molecule has 1 rings (SSSR count). The quantitative estimate of drug-likeness (QED) is 0.788. The molecule has 0 amide bonds. The van der Waals surface area contributed by atoms with Crippen LogP contribution in [-0.2, 0) is 4.79 Å². The molecular formula is C14H18O4. The second-order valence-electron chi connectivity index (χ2n) is 4.43. The van der Waals surface area contributed by atoms with Gasteiger partial charge in [0, 0.05) is 6.42 Å². The first-order valence-corrected chi connectivity index (χ1v) is 5.88. The van der Waals surface area contributed by atoms with Gasteiger partial charge in [-0.3, -0.25) is 9.59 Å². The molecule has 1 N–H and O–H groups in total. The summed E-state index contributed by atoms with van der Waals surface area (Å²) in [6.07, 6.45) is -0.166. The molecule has 0 fully saturated rings. The number of carbonyl (C=O) groups excluding carboxylic acids is 1. The number of methoxy groups -OCH3 is 1. The predicted molar refractivity (Wildman–Crippen MR) is 68.3 cm³/mol. The Hall–Kier alpha value is -1.84. The highest BCUT2D eigenvalue weighted by Crippen LogP contribution is 2.25. The Morgan fingerprint density at radius 2 is 1.94 bits per heavy atom. The van der Waals surface area contributed by atoms with E-state index in [0.717, 1.165) is 5.56 Å². The Labute approximate surface area is 107 Å². The summed E-state index contributed by atoms with van der Waals surface area (Å²) in [4.78, 5) is 22.3. The Morgan fingerprint density at radius 3 is 2.44 bits per heavy atom. The molecule has 0 bridgehead atoms. The summed E-state index contributed by atoms with van der Waals surface area (Å²) in [7, 11) is 1.51. The summed E-state index contributed by atoms with van der Waals surface area (Å²) in [6, 6.07) is 5.41. The van der Waals surface area contributed by atoms with Gasteiger partial charge in [0.1, 0.15) is 5.75 Å². The van der Waals surface area contributed by atoms with Crippen LogP contribution in [0.15, 0.2) is 18.2 Å². The summed E-state index contributed by atoms with van der Waals surface area (Å²) in [5, 5.41) is 8.57. The minimum atomic E-state index is -0.971. The number of Topliss-reactive ketones (excluding diaryl/α,β-unsaturated/α-hetero) is 1. The van der Waals surface area contributed by atoms with E-state index in [1.165, 1.54) is 7.11 Å². The zero-order chi connectivity index (χ0) is 13.7. The second-order valence-corrected chi connectivity index (χ2v) is 4.43. The number of hydrogen-bond donors (Lipinski definition) is 1. The first kappa shape index (κ1) is 14.2. The second kappa shape index (κ2) is 6.19. The molecule has 1 aromatic carbocycles. The van der Waals surface area contributed by atoms with E-state index in [-0.39, 0.29) is 18.6 Å². The molecule has 1 aromatic rings. The molecule has 18 heavy (non-hydrogen) atoms. The lowest BCUT2D eigenvalue weighted by Crippen LogP contribution is -2.06. The average Bonchev–Trinajstić information content (AvgIpc) is 2.34. The van der Waals surface area contributed by atoms with Gasteiger partial charge in [0.2, 0.25) is 0 Å². The van der Waals surface area contributed by atoms with Crippen molar-refractivity contribution in [1.29, 1.82) is 0 Å². The number of carboxylic acid groups (broad SMARTS) is 1. The Balaban J connectivity index is 2.94. The number of hydrogen-bond acceptors (Lipinski definition) is 3. The van der Waals surface area contributed by atoms with E-state index in [1.54, 1.807) is 6.07 Å². The van der Waals surface area contributed by atoms with Crippen LogP contribution < -0.4 is 4.74 Å². The van der Waals surface area contributed by atoms with Gasteiger partial charge in [0.05, 0.1) is 19.1 Å². The van der Waals surface area contributed by atoms with Crippen LogP contribution in [0, 0.1) is 0 Å². The molecule has 4 heteroatoms. The van der Waals surface area contributed by atoms with Gasteiger partial charge >= 0.3 is 5.97 Å². The van der Waals surface area contributed by atoms with Gasteiger partial charge in [-0.1, -0.05) is 19.9 Å². The lowest BCUT2D eigenvalue weighted by molar-refractivity contribution is -0.136. The minimum absolute atomic E-state index is 0.00722. The van der Waals surface area contributed by atoms with Crippen LogP contribution in [0.2, 0.25) is 0 Å². The van der Waals surface area contributed by atoms with E-state index >= 15 is 0 Å². The Kier molecular flexibility index (Phi) is 4.89. The largest absolute Gasteiger partial charge is 0.496 e. The summed E-state index contributed by atoms with van der Waals surface area (Å²) in [5.41, 5.74) is 1.53. The highest BCUT2D eigenvalue weighted by Gasteiger charge is 2.14. The van der Waals surface area contributed by atoms with Crippen LogP contribution in [0.5, 0.6) is 5.75 Å². The van der Waals surface area contributed by atoms with Crippen molar-refractivity contribution in [2.75, 3.05) is 7.11 Å².